The standard InChI is InChI=1S/C40H26F12O2/c1-53-35-25(17-23-11-13-27(37(41,42)43)19-31(23)39(47,48)49)15-21-7-3-5-9-29(21)33(35)34-30-10-6-4-8-22(30)16-26(36(34)54-2)18-24-12-14-28(38(44,45)46)20-32(24)40(50,51)52/h3-16,19-20H,17-18H2,1-2H3. The second-order valence-electron chi connectivity index (χ2n) is 12.4. The van der Waals surface area contributed by atoms with Crippen molar-refractivity contribution < 1.29 is 62.2 Å². The van der Waals surface area contributed by atoms with Crippen LogP contribution in [0.2, 0.25) is 0 Å². The molecule has 0 bridgehead atoms. The zero-order valence-electron chi connectivity index (χ0n) is 28.0. The summed E-state index contributed by atoms with van der Waals surface area (Å²) in [5.74, 6) is 0.0145. The van der Waals surface area contributed by atoms with Crippen molar-refractivity contribution in [2.24, 2.45) is 0 Å². The van der Waals surface area contributed by atoms with E-state index in [-0.39, 0.29) is 45.9 Å². The van der Waals surface area contributed by atoms with Gasteiger partial charge in [-0.1, -0.05) is 60.7 Å². The van der Waals surface area contributed by atoms with Gasteiger partial charge in [-0.05, 0) is 80.2 Å². The van der Waals surface area contributed by atoms with E-state index in [0.29, 0.717) is 33.7 Å². The van der Waals surface area contributed by atoms with Crippen molar-refractivity contribution in [3.8, 4) is 22.6 Å². The third kappa shape index (κ3) is 7.38. The topological polar surface area (TPSA) is 18.5 Å². The van der Waals surface area contributed by atoms with Crippen LogP contribution in [0.1, 0.15) is 44.5 Å². The van der Waals surface area contributed by atoms with Gasteiger partial charge >= 0.3 is 24.7 Å². The van der Waals surface area contributed by atoms with Crippen LogP contribution in [-0.2, 0) is 37.5 Å². The lowest BCUT2D eigenvalue weighted by atomic mass is 9.86. The molecule has 0 atom stereocenters. The molecule has 0 heterocycles. The number of alkyl halides is 12. The molecule has 0 unspecified atom stereocenters. The molecule has 0 spiro atoms. The largest absolute Gasteiger partial charge is 0.496 e. The number of methoxy groups -OCH3 is 2. The molecule has 282 valence electrons. The van der Waals surface area contributed by atoms with E-state index < -0.39 is 70.9 Å². The SMILES string of the molecule is COc1c(Cc2ccc(C(F)(F)F)cc2C(F)(F)F)cc2ccccc2c1-c1c(OC)c(Cc2ccc(C(F)(F)F)cc2C(F)(F)F)cc2ccccc12. The van der Waals surface area contributed by atoms with Gasteiger partial charge in [-0.2, -0.15) is 52.7 Å². The summed E-state index contributed by atoms with van der Waals surface area (Å²) < 4.78 is 178. The highest BCUT2D eigenvalue weighted by Gasteiger charge is 2.40. The Morgan fingerprint density at radius 1 is 0.407 bits per heavy atom. The van der Waals surface area contributed by atoms with Crippen LogP contribution in [-0.4, -0.2) is 14.2 Å². The minimum absolute atomic E-state index is 0.00726. The van der Waals surface area contributed by atoms with Gasteiger partial charge in [0.2, 0.25) is 0 Å². The second kappa shape index (κ2) is 13.8. The fourth-order valence-electron chi connectivity index (χ4n) is 6.75. The fraction of sp³-hybridized carbons (Fsp3) is 0.200. The first-order chi connectivity index (χ1) is 25.2. The lowest BCUT2D eigenvalue weighted by Gasteiger charge is -2.23. The molecule has 2 nitrogen and oxygen atoms in total. The van der Waals surface area contributed by atoms with Crippen molar-refractivity contribution >= 4 is 21.5 Å². The number of hydrogen-bond donors (Lipinski definition) is 0. The molecule has 0 saturated carbocycles. The Bertz CT molecular complexity index is 2200. The summed E-state index contributed by atoms with van der Waals surface area (Å²) in [4.78, 5) is 0. The van der Waals surface area contributed by atoms with E-state index >= 15 is 0 Å². The number of halogens is 12. The molecule has 6 aromatic rings. The van der Waals surface area contributed by atoms with Crippen LogP contribution in [0.25, 0.3) is 32.7 Å². The van der Waals surface area contributed by atoms with E-state index in [0.717, 1.165) is 12.1 Å². The van der Waals surface area contributed by atoms with Crippen molar-refractivity contribution in [1.82, 2.24) is 0 Å². The van der Waals surface area contributed by atoms with Gasteiger partial charge in [0.15, 0.2) is 0 Å². The maximum atomic E-state index is 14.2. The van der Waals surface area contributed by atoms with Crippen LogP contribution < -0.4 is 9.47 Å². The van der Waals surface area contributed by atoms with Crippen molar-refractivity contribution in [1.29, 1.82) is 0 Å². The van der Waals surface area contributed by atoms with Crippen molar-refractivity contribution in [3.05, 3.63) is 142 Å². The third-order valence-corrected chi connectivity index (χ3v) is 9.06. The Kier molecular flexibility index (Phi) is 9.78. The number of rotatable bonds is 7. The molecule has 0 aliphatic heterocycles. The van der Waals surface area contributed by atoms with Gasteiger partial charge in [-0.25, -0.2) is 0 Å². The molecule has 0 radical (unpaired) electrons. The summed E-state index contributed by atoms with van der Waals surface area (Å²) in [5, 5.41) is 1.91. The second-order valence-corrected chi connectivity index (χ2v) is 12.4. The van der Waals surface area contributed by atoms with Crippen LogP contribution in [0.15, 0.2) is 97.1 Å². The molecule has 0 fully saturated rings. The normalized spacial score (nSPS) is 12.8. The quantitative estimate of drug-likeness (QED) is 0.151. The van der Waals surface area contributed by atoms with E-state index in [1.807, 2.05) is 0 Å². The molecule has 54 heavy (non-hydrogen) atoms. The molecule has 14 heteroatoms. The Balaban J connectivity index is 1.64. The molecule has 0 N–H and O–H groups in total. The Morgan fingerprint density at radius 2 is 0.759 bits per heavy atom. The van der Waals surface area contributed by atoms with Crippen LogP contribution in [0.5, 0.6) is 11.5 Å². The predicted octanol–water partition coefficient (Wildman–Crippen LogP) is 12.9. The number of hydrogen-bond acceptors (Lipinski definition) is 2. The predicted molar refractivity (Wildman–Crippen MR) is 178 cm³/mol. The zero-order chi connectivity index (χ0) is 39.4. The molecular weight excluding hydrogens is 740 g/mol. The highest BCUT2D eigenvalue weighted by atomic mass is 19.4. The molecule has 6 rings (SSSR count). The molecule has 0 saturated heterocycles. The van der Waals surface area contributed by atoms with Crippen LogP contribution in [0.3, 0.4) is 0 Å². The molecule has 0 amide bonds. The summed E-state index contributed by atoms with van der Waals surface area (Å²) in [6.45, 7) is 0. The average Bonchev–Trinajstić information content (AvgIpc) is 3.09. The lowest BCUT2D eigenvalue weighted by Crippen LogP contribution is -2.14. The molecule has 0 aromatic heterocycles. The minimum atomic E-state index is -5.16. The van der Waals surface area contributed by atoms with Gasteiger partial charge in [0.05, 0.1) is 36.5 Å². The fourth-order valence-corrected chi connectivity index (χ4v) is 6.75. The first-order valence-electron chi connectivity index (χ1n) is 15.9. The first kappa shape index (κ1) is 38.3. The van der Waals surface area contributed by atoms with Gasteiger partial charge in [0.25, 0.3) is 0 Å². The Morgan fingerprint density at radius 3 is 1.07 bits per heavy atom. The van der Waals surface area contributed by atoms with E-state index in [4.69, 9.17) is 9.47 Å². The van der Waals surface area contributed by atoms with Gasteiger partial charge in [0.1, 0.15) is 11.5 Å². The highest BCUT2D eigenvalue weighted by Crippen LogP contribution is 2.50. The van der Waals surface area contributed by atoms with Crippen LogP contribution in [0.4, 0.5) is 52.7 Å². The van der Waals surface area contributed by atoms with Crippen LogP contribution in [0, 0.1) is 0 Å². The monoisotopic (exact) mass is 766 g/mol. The van der Waals surface area contributed by atoms with E-state index in [9.17, 15) is 52.7 Å². The maximum absolute atomic E-state index is 14.2. The highest BCUT2D eigenvalue weighted by molar-refractivity contribution is 6.11. The molecule has 0 aliphatic rings. The van der Waals surface area contributed by atoms with E-state index in [1.165, 1.54) is 26.4 Å². The number of fused-ring (bicyclic) bond motifs is 2. The summed E-state index contributed by atoms with van der Waals surface area (Å²) >= 11 is 0. The van der Waals surface area contributed by atoms with Gasteiger partial charge < -0.3 is 9.47 Å². The number of benzene rings is 6. The minimum Gasteiger partial charge on any atom is -0.496 e. The van der Waals surface area contributed by atoms with Crippen LogP contribution >= 0.6 is 0 Å². The molecule has 6 aromatic carbocycles. The number of ether oxygens (including phenoxy) is 2. The molecular formula is C40H26F12O2. The van der Waals surface area contributed by atoms with E-state index in [1.54, 1.807) is 48.5 Å². The summed E-state index contributed by atoms with van der Waals surface area (Å²) in [6.07, 6.45) is -21.5. The first-order valence-corrected chi connectivity index (χ1v) is 15.9. The smallest absolute Gasteiger partial charge is 0.416 e. The Hall–Kier alpha value is -5.40. The summed E-state index contributed by atoms with van der Waals surface area (Å²) in [6, 6.07) is 19.0. The van der Waals surface area contributed by atoms with Gasteiger partial charge in [-0.15, -0.1) is 0 Å². The van der Waals surface area contributed by atoms with Crippen molar-refractivity contribution in [2.75, 3.05) is 14.2 Å². The summed E-state index contributed by atoms with van der Waals surface area (Å²) in [5.41, 5.74) is -6.17. The van der Waals surface area contributed by atoms with Gasteiger partial charge in [0, 0.05) is 24.0 Å². The third-order valence-electron chi connectivity index (χ3n) is 9.06. The zero-order valence-corrected chi connectivity index (χ0v) is 28.0. The summed E-state index contributed by atoms with van der Waals surface area (Å²) in [7, 11) is 2.48. The maximum Gasteiger partial charge on any atom is 0.416 e. The van der Waals surface area contributed by atoms with E-state index in [2.05, 4.69) is 0 Å². The van der Waals surface area contributed by atoms with Crippen molar-refractivity contribution in [2.45, 2.75) is 37.5 Å². The Labute approximate surface area is 299 Å². The lowest BCUT2D eigenvalue weighted by molar-refractivity contribution is -0.145. The average molecular weight is 767 g/mol. The van der Waals surface area contributed by atoms with Crippen molar-refractivity contribution in [3.63, 3.8) is 0 Å². The van der Waals surface area contributed by atoms with Gasteiger partial charge in [-0.3, -0.25) is 0 Å². The molecule has 0 aliphatic carbocycles.